The van der Waals surface area contributed by atoms with E-state index >= 15 is 0 Å². The molecule has 6 nitrogen and oxygen atoms in total. The minimum absolute atomic E-state index is 0.278. The van der Waals surface area contributed by atoms with Gasteiger partial charge in [-0.2, -0.15) is 0 Å². The molecule has 0 saturated carbocycles. The van der Waals surface area contributed by atoms with E-state index in [1.165, 1.54) is 0 Å². The quantitative estimate of drug-likeness (QED) is 0.269. The first kappa shape index (κ1) is 15.7. The van der Waals surface area contributed by atoms with Crippen LogP contribution in [0.25, 0.3) is 0 Å². The molecule has 0 aliphatic rings. The average Bonchev–Trinajstić information content (AvgIpc) is 1.97. The smallest absolute Gasteiger partial charge is 0.317 e. The molecule has 0 bridgehead atoms. The summed E-state index contributed by atoms with van der Waals surface area (Å²) >= 11 is 0. The fraction of sp³-hybridized carbons (Fsp3) is 0.333. The predicted molar refractivity (Wildman–Crippen MR) is 29.1 cm³/mol. The molecule has 0 saturated heterocycles. The number of hydrogen-bond donors (Lipinski definition) is 4. The molecule has 0 amide bonds. The summed E-state index contributed by atoms with van der Waals surface area (Å²) in [7, 11) is 0. The van der Waals surface area contributed by atoms with E-state index in [2.05, 4.69) is 5.73 Å². The van der Waals surface area contributed by atoms with Crippen molar-refractivity contribution >= 4 is 12.8 Å². The molecule has 0 aromatic carbocycles. The van der Waals surface area contributed by atoms with Crippen molar-refractivity contribution in [3.05, 3.63) is 0 Å². The molecule has 0 heterocycles. The number of carbonyl (C=O) groups is 2. The standard InChI is InChI=1S/C2H5NO2.CH2O.H2O2/c3-1-2(4)5;2*1-2/h1,3H2,(H,4,5);1H2;1-2H. The highest BCUT2D eigenvalue weighted by Gasteiger charge is 1.81. The van der Waals surface area contributed by atoms with Crippen molar-refractivity contribution < 1.29 is 25.2 Å². The van der Waals surface area contributed by atoms with Gasteiger partial charge in [-0.3, -0.25) is 15.3 Å². The van der Waals surface area contributed by atoms with Gasteiger partial charge in [0.1, 0.15) is 6.79 Å². The maximum atomic E-state index is 9.24. The summed E-state index contributed by atoms with van der Waals surface area (Å²) in [6.07, 6.45) is 0. The molecule has 0 fully saturated rings. The third-order valence-corrected chi connectivity index (χ3v) is 0.175. The lowest BCUT2D eigenvalue weighted by molar-refractivity contribution is -0.176. The van der Waals surface area contributed by atoms with Crippen molar-refractivity contribution in [2.75, 3.05) is 6.54 Å². The molecule has 0 spiro atoms. The molecule has 0 aromatic rings. The molecule has 6 heteroatoms. The number of carboxylic acid groups (broad SMARTS) is 1. The second kappa shape index (κ2) is 27.9. The van der Waals surface area contributed by atoms with Gasteiger partial charge in [-0.05, 0) is 0 Å². The van der Waals surface area contributed by atoms with Gasteiger partial charge in [-0.25, -0.2) is 0 Å². The third-order valence-electron chi connectivity index (χ3n) is 0.175. The summed E-state index contributed by atoms with van der Waals surface area (Å²) < 4.78 is 0. The van der Waals surface area contributed by atoms with Crippen LogP contribution in [0.1, 0.15) is 0 Å². The molecule has 0 rings (SSSR count). The zero-order valence-corrected chi connectivity index (χ0v) is 4.65. The zero-order valence-electron chi connectivity index (χ0n) is 4.65. The van der Waals surface area contributed by atoms with Crippen molar-refractivity contribution in [2.45, 2.75) is 0 Å². The summed E-state index contributed by atoms with van der Waals surface area (Å²) in [5.41, 5.74) is 4.57. The minimum Gasteiger partial charge on any atom is -0.480 e. The first-order valence-corrected chi connectivity index (χ1v) is 1.68. The Hall–Kier alpha value is -0.980. The Bertz CT molecular complexity index is 56.2. The number of carboxylic acids is 1. The van der Waals surface area contributed by atoms with Crippen molar-refractivity contribution in [2.24, 2.45) is 5.73 Å². The molecule has 0 atom stereocenters. The van der Waals surface area contributed by atoms with Crippen LogP contribution in [0, 0.1) is 0 Å². The van der Waals surface area contributed by atoms with E-state index in [1.54, 1.807) is 0 Å². The van der Waals surface area contributed by atoms with E-state index in [-0.39, 0.29) is 6.54 Å². The van der Waals surface area contributed by atoms with Gasteiger partial charge in [0, 0.05) is 0 Å². The highest BCUT2D eigenvalue weighted by atomic mass is 17.0. The molecule has 0 unspecified atom stereocenters. The van der Waals surface area contributed by atoms with Crippen molar-refractivity contribution in [3.8, 4) is 0 Å². The van der Waals surface area contributed by atoms with E-state index in [9.17, 15) is 4.79 Å². The van der Waals surface area contributed by atoms with E-state index in [0.29, 0.717) is 0 Å². The molecule has 0 radical (unpaired) electrons. The van der Waals surface area contributed by atoms with Gasteiger partial charge in [0.05, 0.1) is 6.54 Å². The van der Waals surface area contributed by atoms with Crippen LogP contribution in [-0.2, 0) is 9.59 Å². The molecule has 0 aliphatic carbocycles. The fourth-order valence-electron chi connectivity index (χ4n) is 0. The van der Waals surface area contributed by atoms with Crippen LogP contribution in [0.5, 0.6) is 0 Å². The summed E-state index contributed by atoms with van der Waals surface area (Å²) in [5, 5.41) is 19.6. The zero-order chi connectivity index (χ0) is 8.28. The Morgan fingerprint density at radius 2 is 1.56 bits per heavy atom. The average molecular weight is 139 g/mol. The summed E-state index contributed by atoms with van der Waals surface area (Å²) in [6.45, 7) is 1.72. The molecule has 5 N–H and O–H groups in total. The molecular formula is C3H9NO5. The summed E-state index contributed by atoms with van der Waals surface area (Å²) in [6, 6.07) is 0. The van der Waals surface area contributed by atoms with Crippen molar-refractivity contribution in [1.29, 1.82) is 0 Å². The van der Waals surface area contributed by atoms with Crippen LogP contribution in [0.3, 0.4) is 0 Å². The number of nitrogens with two attached hydrogens (primary N) is 1. The molecule has 0 aromatic heterocycles. The molecule has 9 heavy (non-hydrogen) atoms. The number of hydrogen-bond acceptors (Lipinski definition) is 5. The van der Waals surface area contributed by atoms with E-state index in [1.807, 2.05) is 6.79 Å². The van der Waals surface area contributed by atoms with E-state index in [4.69, 9.17) is 20.4 Å². The first-order chi connectivity index (χ1) is 4.27. The molecule has 0 aliphatic heterocycles. The Morgan fingerprint density at radius 1 is 1.44 bits per heavy atom. The fourth-order valence-corrected chi connectivity index (χ4v) is 0. The van der Waals surface area contributed by atoms with Crippen LogP contribution >= 0.6 is 0 Å². The van der Waals surface area contributed by atoms with Gasteiger partial charge in [0.2, 0.25) is 0 Å². The lowest BCUT2D eigenvalue weighted by atomic mass is 10.7. The van der Waals surface area contributed by atoms with Gasteiger partial charge in [0.15, 0.2) is 0 Å². The second-order valence-corrected chi connectivity index (χ2v) is 0.598. The minimum atomic E-state index is -0.968. The Morgan fingerprint density at radius 3 is 1.56 bits per heavy atom. The summed E-state index contributed by atoms with van der Waals surface area (Å²) in [4.78, 5) is 17.2. The van der Waals surface area contributed by atoms with Crippen molar-refractivity contribution in [1.82, 2.24) is 0 Å². The van der Waals surface area contributed by atoms with Gasteiger partial charge < -0.3 is 15.6 Å². The van der Waals surface area contributed by atoms with Gasteiger partial charge in [0.25, 0.3) is 0 Å². The molecular weight excluding hydrogens is 130 g/mol. The van der Waals surface area contributed by atoms with Crippen LogP contribution in [0.15, 0.2) is 0 Å². The van der Waals surface area contributed by atoms with Crippen LogP contribution < -0.4 is 5.73 Å². The van der Waals surface area contributed by atoms with Crippen LogP contribution in [-0.4, -0.2) is 34.9 Å². The van der Waals surface area contributed by atoms with E-state index in [0.717, 1.165) is 0 Å². The topological polar surface area (TPSA) is 121 Å². The Labute approximate surface area is 51.5 Å². The normalized spacial score (nSPS) is 5.22. The number of rotatable bonds is 1. The lowest BCUT2D eigenvalue weighted by Gasteiger charge is -1.73. The number of carbonyl (C=O) groups excluding carboxylic acids is 1. The van der Waals surface area contributed by atoms with Gasteiger partial charge >= 0.3 is 5.97 Å². The highest BCUT2D eigenvalue weighted by molar-refractivity contribution is 5.68. The number of aliphatic carboxylic acids is 1. The van der Waals surface area contributed by atoms with Gasteiger partial charge in [-0.1, -0.05) is 0 Å². The Balaban J connectivity index is -0.0000000771. The maximum Gasteiger partial charge on any atom is 0.317 e. The second-order valence-electron chi connectivity index (χ2n) is 0.598. The largest absolute Gasteiger partial charge is 0.480 e. The highest BCUT2D eigenvalue weighted by Crippen LogP contribution is 1.43. The molecule has 56 valence electrons. The third kappa shape index (κ3) is 170. The Kier molecular flexibility index (Phi) is 48.6. The SMILES string of the molecule is C=O.NCC(=O)O.OO. The predicted octanol–water partition coefficient (Wildman–Crippen LogP) is -1.14. The first-order valence-electron chi connectivity index (χ1n) is 1.68. The van der Waals surface area contributed by atoms with E-state index < -0.39 is 5.97 Å². The summed E-state index contributed by atoms with van der Waals surface area (Å²) in [5.74, 6) is -0.968. The van der Waals surface area contributed by atoms with Crippen molar-refractivity contribution in [3.63, 3.8) is 0 Å². The van der Waals surface area contributed by atoms with Crippen LogP contribution in [0.4, 0.5) is 0 Å². The van der Waals surface area contributed by atoms with Gasteiger partial charge in [-0.15, -0.1) is 0 Å². The maximum absolute atomic E-state index is 9.24. The van der Waals surface area contributed by atoms with Crippen LogP contribution in [0.2, 0.25) is 0 Å². The monoisotopic (exact) mass is 139 g/mol. The lowest BCUT2D eigenvalue weighted by Crippen LogP contribution is -2.10.